The van der Waals surface area contributed by atoms with Crippen molar-refractivity contribution in [2.24, 2.45) is 0 Å². The highest BCUT2D eigenvalue weighted by atomic mass is 35.5. The van der Waals surface area contributed by atoms with Gasteiger partial charge in [-0.1, -0.05) is 11.6 Å². The van der Waals surface area contributed by atoms with E-state index in [-0.39, 0.29) is 12.1 Å². The van der Waals surface area contributed by atoms with Crippen molar-refractivity contribution in [2.45, 2.75) is 36.6 Å². The Labute approximate surface area is 144 Å². The van der Waals surface area contributed by atoms with Crippen molar-refractivity contribution in [1.29, 1.82) is 5.26 Å². The summed E-state index contributed by atoms with van der Waals surface area (Å²) in [6.07, 6.45) is -3.58. The molecule has 1 fully saturated rings. The topological polar surface area (TPSA) is 86.9 Å². The maximum atomic E-state index is 12.5. The lowest BCUT2D eigenvalue weighted by Gasteiger charge is -2.14. The highest BCUT2D eigenvalue weighted by Crippen LogP contribution is 2.22. The number of nitrogens with zero attached hydrogens (tertiary/aromatic N) is 2. The lowest BCUT2D eigenvalue weighted by Crippen LogP contribution is -2.39. The first-order chi connectivity index (χ1) is 11.1. The van der Waals surface area contributed by atoms with Gasteiger partial charge in [-0.05, 0) is 12.5 Å². The van der Waals surface area contributed by atoms with Crippen molar-refractivity contribution in [2.75, 3.05) is 5.32 Å². The van der Waals surface area contributed by atoms with Crippen molar-refractivity contribution in [3.05, 3.63) is 27.6 Å². The Morgan fingerprint density at radius 2 is 2.21 bits per heavy atom. The molecular formula is C13H11Cl2F3N4O2. The molecule has 2 N–H and O–H groups in total. The fourth-order valence-electron chi connectivity index (χ4n) is 2.26. The fourth-order valence-corrected chi connectivity index (χ4v) is 2.79. The summed E-state index contributed by atoms with van der Waals surface area (Å²) in [5.41, 5.74) is -1.08. The van der Waals surface area contributed by atoms with E-state index in [2.05, 4.69) is 10.6 Å². The van der Waals surface area contributed by atoms with E-state index < -0.39 is 46.7 Å². The minimum absolute atomic E-state index is 0.0674. The van der Waals surface area contributed by atoms with E-state index in [0.717, 1.165) is 12.3 Å². The third kappa shape index (κ3) is 4.41. The maximum Gasteiger partial charge on any atom is 0.406 e. The molecule has 6 nitrogen and oxygen atoms in total. The second-order valence-corrected chi connectivity index (χ2v) is 6.16. The van der Waals surface area contributed by atoms with Gasteiger partial charge in [0.05, 0.1) is 23.2 Å². The van der Waals surface area contributed by atoms with Gasteiger partial charge in [0, 0.05) is 6.20 Å². The van der Waals surface area contributed by atoms with Gasteiger partial charge in [0.2, 0.25) is 5.91 Å². The first-order valence-electron chi connectivity index (χ1n) is 6.68. The highest BCUT2D eigenvalue weighted by Gasteiger charge is 2.36. The summed E-state index contributed by atoms with van der Waals surface area (Å²) in [7, 11) is 0. The van der Waals surface area contributed by atoms with E-state index in [9.17, 15) is 22.8 Å². The van der Waals surface area contributed by atoms with Crippen LogP contribution >= 0.6 is 23.2 Å². The van der Waals surface area contributed by atoms with Gasteiger partial charge in [0.15, 0.2) is 0 Å². The van der Waals surface area contributed by atoms with Gasteiger partial charge in [-0.25, -0.2) is 0 Å². The molecule has 2 heterocycles. The summed E-state index contributed by atoms with van der Waals surface area (Å²) >= 11 is 11.5. The number of hydrogen-bond acceptors (Lipinski definition) is 4. The molecule has 2 rings (SSSR count). The van der Waals surface area contributed by atoms with Crippen LogP contribution in [0, 0.1) is 11.3 Å². The number of pyridine rings is 1. The Morgan fingerprint density at radius 3 is 2.75 bits per heavy atom. The number of halogens is 5. The molecule has 0 spiro atoms. The van der Waals surface area contributed by atoms with E-state index in [1.807, 2.05) is 6.07 Å². The van der Waals surface area contributed by atoms with Crippen molar-refractivity contribution in [3.8, 4) is 6.07 Å². The predicted molar refractivity (Wildman–Crippen MR) is 81.0 cm³/mol. The Morgan fingerprint density at radius 1 is 1.54 bits per heavy atom. The monoisotopic (exact) mass is 382 g/mol. The van der Waals surface area contributed by atoms with Crippen LogP contribution in [0.25, 0.3) is 0 Å². The molecule has 24 heavy (non-hydrogen) atoms. The second-order valence-electron chi connectivity index (χ2n) is 5.19. The zero-order chi connectivity index (χ0) is 18.1. The van der Waals surface area contributed by atoms with Gasteiger partial charge in [0.25, 0.3) is 5.56 Å². The van der Waals surface area contributed by atoms with Gasteiger partial charge < -0.3 is 9.88 Å². The van der Waals surface area contributed by atoms with E-state index >= 15 is 0 Å². The first-order valence-corrected chi connectivity index (χ1v) is 7.49. The quantitative estimate of drug-likeness (QED) is 0.781. The van der Waals surface area contributed by atoms with Crippen LogP contribution in [0.5, 0.6) is 0 Å². The summed E-state index contributed by atoms with van der Waals surface area (Å²) in [4.78, 5) is 23.7. The summed E-state index contributed by atoms with van der Waals surface area (Å²) in [6.45, 7) is -1.53. The molecule has 1 saturated heterocycles. The normalized spacial score (nSPS) is 23.8. The number of nitrogens with one attached hydrogen (secondary N) is 2. The number of nitriles is 1. The number of alkyl halides is 4. The average molecular weight is 383 g/mol. The van der Waals surface area contributed by atoms with Crippen LogP contribution in [0.2, 0.25) is 5.02 Å². The van der Waals surface area contributed by atoms with Crippen molar-refractivity contribution in [1.82, 2.24) is 9.88 Å². The van der Waals surface area contributed by atoms with Crippen LogP contribution in [-0.2, 0) is 11.3 Å². The molecule has 11 heteroatoms. The van der Waals surface area contributed by atoms with Crippen LogP contribution < -0.4 is 16.2 Å². The molecule has 3 unspecified atom stereocenters. The predicted octanol–water partition coefficient (Wildman–Crippen LogP) is 1.86. The van der Waals surface area contributed by atoms with Crippen molar-refractivity contribution in [3.63, 3.8) is 0 Å². The third-order valence-corrected chi connectivity index (χ3v) is 4.02. The Kier molecular flexibility index (Phi) is 5.42. The number of anilines is 1. The smallest absolute Gasteiger partial charge is 0.323 e. The number of carbonyl (C=O) groups excluding carboxylic acids is 1. The molecule has 1 aromatic heterocycles. The number of aromatic nitrogens is 1. The molecule has 1 amide bonds. The van der Waals surface area contributed by atoms with Gasteiger partial charge in [-0.15, -0.1) is 11.6 Å². The van der Waals surface area contributed by atoms with E-state index in [4.69, 9.17) is 28.5 Å². The largest absolute Gasteiger partial charge is 0.406 e. The minimum Gasteiger partial charge on any atom is -0.323 e. The third-order valence-electron chi connectivity index (χ3n) is 3.32. The molecule has 3 atom stereocenters. The number of rotatable bonds is 3. The van der Waals surface area contributed by atoms with Crippen LogP contribution in [0.1, 0.15) is 6.42 Å². The van der Waals surface area contributed by atoms with E-state index in [1.165, 1.54) is 0 Å². The van der Waals surface area contributed by atoms with Crippen LogP contribution in [-0.4, -0.2) is 34.1 Å². The number of amides is 1. The standard InChI is InChI=1S/C13H11Cl2F3N4O2/c14-7-2-9(21-10(7)3-19)11(23)20-6-1-8(15)12(24)22(4-6)5-13(16,17)18/h1,4,7,9-10,21H,2,5H2,(H,20,23). The van der Waals surface area contributed by atoms with E-state index in [1.54, 1.807) is 0 Å². The lowest BCUT2D eigenvalue weighted by molar-refractivity contribution is -0.141. The second kappa shape index (κ2) is 7.01. The molecule has 0 radical (unpaired) electrons. The molecule has 0 bridgehead atoms. The molecular weight excluding hydrogens is 372 g/mol. The Bertz CT molecular complexity index is 744. The highest BCUT2D eigenvalue weighted by molar-refractivity contribution is 6.30. The number of hydrogen-bond donors (Lipinski definition) is 2. The Hall–Kier alpha value is -1.76. The molecule has 0 aliphatic carbocycles. The molecule has 0 saturated carbocycles. The Balaban J connectivity index is 2.17. The molecule has 130 valence electrons. The van der Waals surface area contributed by atoms with Gasteiger partial charge in [-0.2, -0.15) is 18.4 Å². The minimum atomic E-state index is -4.62. The lowest BCUT2D eigenvalue weighted by atomic mass is 10.2. The average Bonchev–Trinajstić information content (AvgIpc) is 2.84. The van der Waals surface area contributed by atoms with Crippen molar-refractivity contribution < 1.29 is 18.0 Å². The number of carbonyl (C=O) groups is 1. The summed E-state index contributed by atoms with van der Waals surface area (Å²) < 4.78 is 37.8. The van der Waals surface area contributed by atoms with E-state index in [0.29, 0.717) is 4.57 Å². The van der Waals surface area contributed by atoms with Gasteiger partial charge in [0.1, 0.15) is 17.6 Å². The summed E-state index contributed by atoms with van der Waals surface area (Å²) in [6, 6.07) is 1.48. The first kappa shape index (κ1) is 18.6. The maximum absolute atomic E-state index is 12.5. The van der Waals surface area contributed by atoms with Gasteiger partial charge in [-0.3, -0.25) is 14.9 Å². The molecule has 1 aliphatic heterocycles. The summed E-state index contributed by atoms with van der Waals surface area (Å²) in [5, 5.41) is 12.9. The van der Waals surface area contributed by atoms with Crippen molar-refractivity contribution >= 4 is 34.8 Å². The zero-order valence-electron chi connectivity index (χ0n) is 11.9. The van der Waals surface area contributed by atoms with Gasteiger partial charge >= 0.3 is 6.18 Å². The van der Waals surface area contributed by atoms with Crippen LogP contribution in [0.4, 0.5) is 18.9 Å². The molecule has 0 aromatic carbocycles. The molecule has 1 aliphatic rings. The SMILES string of the molecule is N#CC1NC(C(=O)Nc2cc(Cl)c(=O)n(CC(F)(F)F)c2)CC1Cl. The van der Waals surface area contributed by atoms with Crippen LogP contribution in [0.3, 0.4) is 0 Å². The summed E-state index contributed by atoms with van der Waals surface area (Å²) in [5.74, 6) is -0.591. The molecule has 1 aromatic rings. The zero-order valence-corrected chi connectivity index (χ0v) is 13.4. The fraction of sp³-hybridized carbons (Fsp3) is 0.462. The van der Waals surface area contributed by atoms with Crippen LogP contribution in [0.15, 0.2) is 17.1 Å².